The van der Waals surface area contributed by atoms with E-state index < -0.39 is 23.0 Å². The SMILES string of the molecule is COC(=O)[C@@H](NC(=O)Oc1ccc([N+](=O)[O-])cc1)C(C)C. The second-order valence-electron chi connectivity index (χ2n) is 4.53. The second-order valence-corrected chi connectivity index (χ2v) is 4.53. The van der Waals surface area contributed by atoms with Gasteiger partial charge in [0.25, 0.3) is 5.69 Å². The fourth-order valence-electron chi connectivity index (χ4n) is 1.52. The molecule has 0 fully saturated rings. The minimum atomic E-state index is -0.840. The number of methoxy groups -OCH3 is 1. The molecule has 0 radical (unpaired) electrons. The van der Waals surface area contributed by atoms with Crippen molar-refractivity contribution in [3.8, 4) is 5.75 Å². The number of carbonyl (C=O) groups excluding carboxylic acids is 2. The molecule has 8 heteroatoms. The third kappa shape index (κ3) is 4.75. The van der Waals surface area contributed by atoms with Gasteiger partial charge in [0.15, 0.2) is 0 Å². The van der Waals surface area contributed by atoms with Crippen LogP contribution in [-0.4, -0.2) is 30.1 Å². The fourth-order valence-corrected chi connectivity index (χ4v) is 1.52. The van der Waals surface area contributed by atoms with Crippen molar-refractivity contribution >= 4 is 17.7 Å². The number of carbonyl (C=O) groups is 2. The minimum Gasteiger partial charge on any atom is -0.467 e. The zero-order valence-electron chi connectivity index (χ0n) is 11.9. The van der Waals surface area contributed by atoms with Crippen molar-refractivity contribution in [3.63, 3.8) is 0 Å². The van der Waals surface area contributed by atoms with E-state index in [1.54, 1.807) is 13.8 Å². The summed E-state index contributed by atoms with van der Waals surface area (Å²) in [4.78, 5) is 33.1. The Morgan fingerprint density at radius 2 is 1.81 bits per heavy atom. The topological polar surface area (TPSA) is 108 Å². The van der Waals surface area contributed by atoms with Crippen LogP contribution in [0.4, 0.5) is 10.5 Å². The lowest BCUT2D eigenvalue weighted by Crippen LogP contribution is -2.46. The van der Waals surface area contributed by atoms with Crippen LogP contribution < -0.4 is 10.1 Å². The van der Waals surface area contributed by atoms with Gasteiger partial charge in [-0.3, -0.25) is 10.1 Å². The van der Waals surface area contributed by atoms with E-state index in [2.05, 4.69) is 10.1 Å². The zero-order chi connectivity index (χ0) is 16.0. The number of nitrogens with one attached hydrogen (secondary N) is 1. The standard InChI is InChI=1S/C13H16N2O6/c1-8(2)11(12(16)20-3)14-13(17)21-10-6-4-9(5-7-10)15(18)19/h4-8,11H,1-3H3,(H,14,17)/t11-/m0/s1. The molecule has 0 bridgehead atoms. The Labute approximate surface area is 121 Å². The van der Waals surface area contributed by atoms with Gasteiger partial charge in [-0.15, -0.1) is 0 Å². The summed E-state index contributed by atoms with van der Waals surface area (Å²) in [5.74, 6) is -0.627. The molecule has 0 saturated carbocycles. The number of hydrogen-bond donors (Lipinski definition) is 1. The van der Waals surface area contributed by atoms with Crippen molar-refractivity contribution in [2.24, 2.45) is 5.92 Å². The van der Waals surface area contributed by atoms with E-state index in [-0.39, 0.29) is 17.4 Å². The lowest BCUT2D eigenvalue weighted by molar-refractivity contribution is -0.384. The second kappa shape index (κ2) is 7.22. The van der Waals surface area contributed by atoms with Gasteiger partial charge < -0.3 is 14.8 Å². The maximum Gasteiger partial charge on any atom is 0.413 e. The van der Waals surface area contributed by atoms with Gasteiger partial charge in [-0.05, 0) is 18.1 Å². The molecular weight excluding hydrogens is 280 g/mol. The van der Waals surface area contributed by atoms with Gasteiger partial charge in [-0.2, -0.15) is 0 Å². The lowest BCUT2D eigenvalue weighted by Gasteiger charge is -2.19. The summed E-state index contributed by atoms with van der Waals surface area (Å²) in [7, 11) is 1.22. The van der Waals surface area contributed by atoms with Crippen molar-refractivity contribution in [1.82, 2.24) is 5.32 Å². The summed E-state index contributed by atoms with van der Waals surface area (Å²) >= 11 is 0. The van der Waals surface area contributed by atoms with Crippen LogP contribution in [0, 0.1) is 16.0 Å². The quantitative estimate of drug-likeness (QED) is 0.505. The number of nitrogens with zero attached hydrogens (tertiary/aromatic N) is 1. The number of ether oxygens (including phenoxy) is 2. The summed E-state index contributed by atoms with van der Waals surface area (Å²) in [5.41, 5.74) is -0.114. The molecule has 0 saturated heterocycles. The third-order valence-electron chi connectivity index (χ3n) is 2.65. The number of hydrogen-bond acceptors (Lipinski definition) is 6. The summed E-state index contributed by atoms with van der Waals surface area (Å²) in [6.07, 6.45) is -0.840. The number of non-ortho nitro benzene ring substituents is 1. The molecule has 0 aromatic heterocycles. The lowest BCUT2D eigenvalue weighted by atomic mass is 10.1. The maximum atomic E-state index is 11.7. The summed E-state index contributed by atoms with van der Waals surface area (Å²) < 4.78 is 9.53. The van der Waals surface area contributed by atoms with E-state index in [0.717, 1.165) is 0 Å². The average molecular weight is 296 g/mol. The van der Waals surface area contributed by atoms with E-state index in [0.29, 0.717) is 0 Å². The van der Waals surface area contributed by atoms with Crippen LogP contribution in [0.25, 0.3) is 0 Å². The maximum absolute atomic E-state index is 11.7. The molecule has 0 spiro atoms. The average Bonchev–Trinajstić information content (AvgIpc) is 2.44. The van der Waals surface area contributed by atoms with Gasteiger partial charge in [0.2, 0.25) is 0 Å². The first-order valence-corrected chi connectivity index (χ1v) is 6.15. The predicted octanol–water partition coefficient (Wildman–Crippen LogP) is 1.88. The van der Waals surface area contributed by atoms with E-state index in [9.17, 15) is 19.7 Å². The zero-order valence-corrected chi connectivity index (χ0v) is 11.9. The first-order valence-electron chi connectivity index (χ1n) is 6.15. The van der Waals surface area contributed by atoms with E-state index in [1.165, 1.54) is 31.4 Å². The van der Waals surface area contributed by atoms with Crippen LogP contribution in [-0.2, 0) is 9.53 Å². The molecule has 1 amide bonds. The molecule has 0 heterocycles. The van der Waals surface area contributed by atoms with Crippen LogP contribution in [0.1, 0.15) is 13.8 Å². The molecule has 0 aliphatic carbocycles. The monoisotopic (exact) mass is 296 g/mol. The Kier molecular flexibility index (Phi) is 5.65. The van der Waals surface area contributed by atoms with Crippen LogP contribution in [0.5, 0.6) is 5.75 Å². The highest BCUT2D eigenvalue weighted by Crippen LogP contribution is 2.17. The molecular formula is C13H16N2O6. The molecule has 114 valence electrons. The highest BCUT2D eigenvalue weighted by atomic mass is 16.6. The Morgan fingerprint density at radius 1 is 1.24 bits per heavy atom. The predicted molar refractivity (Wildman–Crippen MR) is 72.9 cm³/mol. The van der Waals surface area contributed by atoms with Crippen LogP contribution in [0.3, 0.4) is 0 Å². The highest BCUT2D eigenvalue weighted by Gasteiger charge is 2.25. The molecule has 0 aliphatic heterocycles. The van der Waals surface area contributed by atoms with Crippen molar-refractivity contribution in [1.29, 1.82) is 0 Å². The van der Waals surface area contributed by atoms with Crippen molar-refractivity contribution in [2.75, 3.05) is 7.11 Å². The summed E-state index contributed by atoms with van der Waals surface area (Å²) in [6, 6.07) is 4.17. The van der Waals surface area contributed by atoms with Gasteiger partial charge in [0.05, 0.1) is 12.0 Å². The number of esters is 1. The van der Waals surface area contributed by atoms with Crippen LogP contribution in [0.2, 0.25) is 0 Å². The molecule has 21 heavy (non-hydrogen) atoms. The molecule has 0 aliphatic rings. The Bertz CT molecular complexity index is 526. The number of nitro benzene ring substituents is 1. The Morgan fingerprint density at radius 3 is 2.24 bits per heavy atom. The van der Waals surface area contributed by atoms with Crippen molar-refractivity contribution in [3.05, 3.63) is 34.4 Å². The number of benzene rings is 1. The minimum absolute atomic E-state index is 0.114. The smallest absolute Gasteiger partial charge is 0.413 e. The summed E-state index contributed by atoms with van der Waals surface area (Å²) in [6.45, 7) is 3.49. The molecule has 1 N–H and O–H groups in total. The van der Waals surface area contributed by atoms with Gasteiger partial charge in [0, 0.05) is 12.1 Å². The first-order chi connectivity index (χ1) is 9.85. The Hall–Kier alpha value is -2.64. The molecule has 1 atom stereocenters. The summed E-state index contributed by atoms with van der Waals surface area (Å²) in [5, 5.41) is 12.9. The van der Waals surface area contributed by atoms with E-state index in [4.69, 9.17) is 4.74 Å². The number of rotatable bonds is 5. The van der Waals surface area contributed by atoms with E-state index in [1.807, 2.05) is 0 Å². The third-order valence-corrected chi connectivity index (χ3v) is 2.65. The fraction of sp³-hybridized carbons (Fsp3) is 0.385. The molecule has 8 nitrogen and oxygen atoms in total. The van der Waals surface area contributed by atoms with Gasteiger partial charge in [-0.1, -0.05) is 13.8 Å². The first kappa shape index (κ1) is 16.4. The van der Waals surface area contributed by atoms with Gasteiger partial charge in [0.1, 0.15) is 11.8 Å². The van der Waals surface area contributed by atoms with Crippen molar-refractivity contribution < 1.29 is 24.0 Å². The molecule has 1 rings (SSSR count). The van der Waals surface area contributed by atoms with Gasteiger partial charge in [-0.25, -0.2) is 9.59 Å². The Balaban J connectivity index is 2.67. The highest BCUT2D eigenvalue weighted by molar-refractivity contribution is 5.82. The van der Waals surface area contributed by atoms with Crippen LogP contribution in [0.15, 0.2) is 24.3 Å². The van der Waals surface area contributed by atoms with Crippen LogP contribution >= 0.6 is 0 Å². The number of nitro groups is 1. The van der Waals surface area contributed by atoms with Gasteiger partial charge >= 0.3 is 12.1 Å². The van der Waals surface area contributed by atoms with Crippen molar-refractivity contribution in [2.45, 2.75) is 19.9 Å². The number of amides is 1. The largest absolute Gasteiger partial charge is 0.467 e. The van der Waals surface area contributed by atoms with E-state index >= 15 is 0 Å². The molecule has 0 unspecified atom stereocenters. The normalized spacial score (nSPS) is 11.6. The molecule has 1 aromatic rings. The molecule has 1 aromatic carbocycles.